The molecular formula is C23H24N8O. The summed E-state index contributed by atoms with van der Waals surface area (Å²) in [5.41, 5.74) is 3.86. The van der Waals surface area contributed by atoms with Gasteiger partial charge in [0.15, 0.2) is 5.82 Å². The number of H-pyrrole nitrogens is 1. The Bertz CT molecular complexity index is 1300. The van der Waals surface area contributed by atoms with Crippen molar-refractivity contribution in [2.24, 2.45) is 0 Å². The summed E-state index contributed by atoms with van der Waals surface area (Å²) in [4.78, 5) is 11.3. The van der Waals surface area contributed by atoms with Crippen LogP contribution in [0.4, 0.5) is 5.82 Å². The first-order valence-corrected chi connectivity index (χ1v) is 10.9. The van der Waals surface area contributed by atoms with Gasteiger partial charge >= 0.3 is 0 Å². The number of ether oxygens (including phenoxy) is 1. The number of nitrogens with zero attached hydrogens (tertiary/aromatic N) is 7. The van der Waals surface area contributed by atoms with E-state index < -0.39 is 0 Å². The molecule has 162 valence electrons. The summed E-state index contributed by atoms with van der Waals surface area (Å²) in [5, 5.41) is 16.9. The number of nitrogens with one attached hydrogen (secondary N) is 1. The van der Waals surface area contributed by atoms with E-state index in [1.54, 1.807) is 12.7 Å². The van der Waals surface area contributed by atoms with Gasteiger partial charge in [0.2, 0.25) is 0 Å². The Labute approximate surface area is 185 Å². The summed E-state index contributed by atoms with van der Waals surface area (Å²) in [6.45, 7) is 6.63. The predicted molar refractivity (Wildman–Crippen MR) is 121 cm³/mol. The maximum Gasteiger partial charge on any atom is 0.156 e. The van der Waals surface area contributed by atoms with Gasteiger partial charge in [0, 0.05) is 37.0 Å². The van der Waals surface area contributed by atoms with Crippen LogP contribution in [0.25, 0.3) is 28.4 Å². The van der Waals surface area contributed by atoms with Crippen LogP contribution in [-0.4, -0.2) is 60.2 Å². The molecule has 0 amide bonds. The third kappa shape index (κ3) is 3.34. The van der Waals surface area contributed by atoms with E-state index >= 15 is 0 Å². The second-order valence-corrected chi connectivity index (χ2v) is 8.61. The first-order chi connectivity index (χ1) is 15.6. The van der Waals surface area contributed by atoms with Gasteiger partial charge in [-0.2, -0.15) is 5.10 Å². The molecule has 6 rings (SSSR count). The minimum absolute atomic E-state index is 0.167. The first kappa shape index (κ1) is 19.1. The van der Waals surface area contributed by atoms with Gasteiger partial charge in [-0.25, -0.2) is 9.97 Å². The van der Waals surface area contributed by atoms with Gasteiger partial charge in [-0.3, -0.25) is 5.10 Å². The van der Waals surface area contributed by atoms with Crippen molar-refractivity contribution < 1.29 is 4.74 Å². The number of rotatable bonds is 3. The van der Waals surface area contributed by atoms with Gasteiger partial charge in [-0.1, -0.05) is 12.1 Å². The normalized spacial score (nSPS) is 22.9. The Kier molecular flexibility index (Phi) is 4.50. The zero-order chi connectivity index (χ0) is 21.7. The van der Waals surface area contributed by atoms with Crippen molar-refractivity contribution >= 4 is 22.8 Å². The number of anilines is 1. The highest BCUT2D eigenvalue weighted by molar-refractivity contribution is 5.92. The Morgan fingerprint density at radius 2 is 1.94 bits per heavy atom. The second-order valence-electron chi connectivity index (χ2n) is 8.61. The zero-order valence-corrected chi connectivity index (χ0v) is 18.0. The quantitative estimate of drug-likeness (QED) is 0.536. The van der Waals surface area contributed by atoms with Crippen LogP contribution in [0.15, 0.2) is 43.0 Å². The van der Waals surface area contributed by atoms with Crippen molar-refractivity contribution in [1.82, 2.24) is 34.9 Å². The van der Waals surface area contributed by atoms with Crippen LogP contribution in [0.2, 0.25) is 0 Å². The molecule has 0 radical (unpaired) electrons. The summed E-state index contributed by atoms with van der Waals surface area (Å²) in [5.74, 6) is 2.05. The molecule has 0 unspecified atom stereocenters. The number of allylic oxidation sites excluding steroid dienone is 1. The maximum atomic E-state index is 5.87. The van der Waals surface area contributed by atoms with E-state index in [4.69, 9.17) is 4.74 Å². The lowest BCUT2D eigenvalue weighted by atomic mass is 9.95. The average molecular weight is 429 g/mol. The SMILES string of the molecule is C[C@@H]1CN(c2cc(-c3n[nH]c4ccc([C@H]5C=Cc6nncn6C5)cc34)ncn2)C[C@H](C)O1. The molecule has 1 saturated heterocycles. The smallest absolute Gasteiger partial charge is 0.156 e. The van der Waals surface area contributed by atoms with Crippen LogP contribution in [-0.2, 0) is 11.3 Å². The number of aromatic nitrogens is 7. The van der Waals surface area contributed by atoms with E-state index in [9.17, 15) is 0 Å². The summed E-state index contributed by atoms with van der Waals surface area (Å²) < 4.78 is 7.94. The second kappa shape index (κ2) is 7.52. The van der Waals surface area contributed by atoms with E-state index in [2.05, 4.69) is 78.0 Å². The molecule has 3 atom stereocenters. The van der Waals surface area contributed by atoms with E-state index in [0.29, 0.717) is 0 Å². The highest BCUT2D eigenvalue weighted by atomic mass is 16.5. The molecule has 0 saturated carbocycles. The van der Waals surface area contributed by atoms with Crippen LogP contribution in [0.3, 0.4) is 0 Å². The summed E-state index contributed by atoms with van der Waals surface area (Å²) >= 11 is 0. The minimum Gasteiger partial charge on any atom is -0.372 e. The lowest BCUT2D eigenvalue weighted by molar-refractivity contribution is -0.00546. The van der Waals surface area contributed by atoms with E-state index in [-0.39, 0.29) is 18.1 Å². The van der Waals surface area contributed by atoms with Crippen molar-refractivity contribution in [1.29, 1.82) is 0 Å². The maximum absolute atomic E-state index is 5.87. The zero-order valence-electron chi connectivity index (χ0n) is 18.0. The lowest BCUT2D eigenvalue weighted by Crippen LogP contribution is -2.45. The standard InChI is InChI=1S/C23H24N8O/c1-14-9-30(10-15(2)32-14)22-8-20(24-12-25-22)23-18-7-16(3-5-19(18)27-29-23)17-4-6-21-28-26-13-31(21)11-17/h3-8,12-15,17H,9-11H2,1-2H3,(H,27,29)/t14-,15+,17-/m0/s1. The molecule has 3 aromatic heterocycles. The van der Waals surface area contributed by atoms with Crippen LogP contribution in [0.5, 0.6) is 0 Å². The molecular weight excluding hydrogens is 404 g/mol. The molecule has 9 heteroatoms. The van der Waals surface area contributed by atoms with Gasteiger partial charge < -0.3 is 14.2 Å². The molecule has 5 heterocycles. The highest BCUT2D eigenvalue weighted by Crippen LogP contribution is 2.32. The van der Waals surface area contributed by atoms with E-state index in [1.165, 1.54) is 5.56 Å². The van der Waals surface area contributed by atoms with Crippen molar-refractivity contribution in [3.8, 4) is 11.4 Å². The van der Waals surface area contributed by atoms with Crippen molar-refractivity contribution in [3.63, 3.8) is 0 Å². The number of hydrogen-bond donors (Lipinski definition) is 1. The fourth-order valence-corrected chi connectivity index (χ4v) is 4.70. The van der Waals surface area contributed by atoms with Crippen LogP contribution >= 0.6 is 0 Å². The molecule has 1 aromatic carbocycles. The first-order valence-electron chi connectivity index (χ1n) is 10.9. The monoisotopic (exact) mass is 428 g/mol. The Morgan fingerprint density at radius 3 is 2.81 bits per heavy atom. The molecule has 9 nitrogen and oxygen atoms in total. The number of aromatic amines is 1. The summed E-state index contributed by atoms with van der Waals surface area (Å²) in [7, 11) is 0. The Morgan fingerprint density at radius 1 is 1.06 bits per heavy atom. The molecule has 2 aliphatic heterocycles. The van der Waals surface area contributed by atoms with Crippen molar-refractivity contribution in [3.05, 3.63) is 54.4 Å². The minimum atomic E-state index is 0.167. The molecule has 4 aromatic rings. The van der Waals surface area contributed by atoms with Gasteiger partial charge in [-0.15, -0.1) is 10.2 Å². The Hall–Kier alpha value is -3.59. The fourth-order valence-electron chi connectivity index (χ4n) is 4.70. The highest BCUT2D eigenvalue weighted by Gasteiger charge is 2.24. The molecule has 2 aliphatic rings. The van der Waals surface area contributed by atoms with Crippen LogP contribution in [0, 0.1) is 0 Å². The lowest BCUT2D eigenvalue weighted by Gasteiger charge is -2.36. The van der Waals surface area contributed by atoms with Crippen LogP contribution in [0.1, 0.15) is 31.2 Å². The topological polar surface area (TPSA) is 97.6 Å². The fraction of sp³-hybridized carbons (Fsp3) is 0.348. The molecule has 0 spiro atoms. The van der Waals surface area contributed by atoms with Crippen LogP contribution < -0.4 is 4.90 Å². The van der Waals surface area contributed by atoms with Gasteiger partial charge in [-0.05, 0) is 37.6 Å². The third-order valence-corrected chi connectivity index (χ3v) is 6.17. The van der Waals surface area contributed by atoms with Gasteiger partial charge in [0.1, 0.15) is 24.2 Å². The number of fused-ring (bicyclic) bond motifs is 2. The predicted octanol–water partition coefficient (Wildman–Crippen LogP) is 3.04. The van der Waals surface area contributed by atoms with Crippen molar-refractivity contribution in [2.45, 2.75) is 38.5 Å². The third-order valence-electron chi connectivity index (χ3n) is 6.17. The molecule has 0 aliphatic carbocycles. The molecule has 1 fully saturated rings. The summed E-state index contributed by atoms with van der Waals surface area (Å²) in [6, 6.07) is 8.47. The Balaban J connectivity index is 1.34. The van der Waals surface area contributed by atoms with Gasteiger partial charge in [0.25, 0.3) is 0 Å². The largest absolute Gasteiger partial charge is 0.372 e. The van der Waals surface area contributed by atoms with E-state index in [0.717, 1.165) is 53.6 Å². The van der Waals surface area contributed by atoms with E-state index in [1.807, 2.05) is 12.1 Å². The molecule has 1 N–H and O–H groups in total. The average Bonchev–Trinajstić information content (AvgIpc) is 3.44. The molecule has 0 bridgehead atoms. The summed E-state index contributed by atoms with van der Waals surface area (Å²) in [6.07, 6.45) is 7.96. The number of benzene rings is 1. The van der Waals surface area contributed by atoms with Crippen molar-refractivity contribution in [2.75, 3.05) is 18.0 Å². The molecule has 32 heavy (non-hydrogen) atoms. The number of morpholine rings is 1. The number of hydrogen-bond acceptors (Lipinski definition) is 7. The van der Waals surface area contributed by atoms with Gasteiger partial charge in [0.05, 0.1) is 23.4 Å².